The molecule has 20 heavy (non-hydrogen) atoms. The second kappa shape index (κ2) is 6.84. The van der Waals surface area contributed by atoms with E-state index < -0.39 is 25.8 Å². The molecule has 0 atom stereocenters. The summed E-state index contributed by atoms with van der Waals surface area (Å²) in [4.78, 5) is 0. The molecule has 0 heterocycles. The van der Waals surface area contributed by atoms with E-state index in [9.17, 15) is 0 Å². The number of nitrogens with one attached hydrogen (secondary N) is 1. The second-order valence-corrected chi connectivity index (χ2v) is 41.7. The van der Waals surface area contributed by atoms with Gasteiger partial charge in [-0.15, -0.1) is 24.8 Å². The van der Waals surface area contributed by atoms with E-state index in [2.05, 4.69) is 72.0 Å². The molecule has 0 aromatic rings. The Morgan fingerprint density at radius 2 is 1.60 bits per heavy atom. The molecule has 0 amide bonds. The summed E-state index contributed by atoms with van der Waals surface area (Å²) in [6, 6.07) is 0. The summed E-state index contributed by atoms with van der Waals surface area (Å²) in [6.45, 7) is 16.6. The molecule has 0 aromatic heterocycles. The maximum Gasteiger partial charge on any atom is -0.147 e. The third kappa shape index (κ3) is 6.22. The van der Waals surface area contributed by atoms with Gasteiger partial charge in [-0.25, -0.2) is 0 Å². The van der Waals surface area contributed by atoms with E-state index in [-0.39, 0.29) is 30.4 Å². The minimum absolute atomic E-state index is 0. The van der Waals surface area contributed by atoms with Gasteiger partial charge in [0.2, 0.25) is 0 Å². The topological polar surface area (TPSA) is 12.0 Å². The number of hydrogen-bond acceptors (Lipinski definition) is 1. The first kappa shape index (κ1) is 23.6. The van der Waals surface area contributed by atoms with Gasteiger partial charge >= 0.3 is 118 Å². The summed E-state index contributed by atoms with van der Waals surface area (Å²) < 4.78 is 11.0. The Kier molecular flexibility index (Phi) is 8.07. The van der Waals surface area contributed by atoms with Crippen LogP contribution in [0, 0.1) is 0 Å². The van der Waals surface area contributed by atoms with Gasteiger partial charge < -0.3 is 0 Å². The molecule has 0 bridgehead atoms. The average Bonchev–Trinajstić information content (AvgIpc) is 2.42. The molecule has 1 nitrogen and oxygen atoms in total. The van der Waals surface area contributed by atoms with Crippen LogP contribution in [-0.4, -0.2) is 20.5 Å². The molecule has 0 saturated heterocycles. The van der Waals surface area contributed by atoms with Gasteiger partial charge in [0.25, 0.3) is 0 Å². The van der Waals surface area contributed by atoms with E-state index >= 15 is 0 Å². The molecular weight excluding hydrogens is 400 g/mol. The third-order valence-electron chi connectivity index (χ3n) is 3.48. The van der Waals surface area contributed by atoms with Crippen molar-refractivity contribution in [2.24, 2.45) is 0 Å². The van der Waals surface area contributed by atoms with Crippen LogP contribution in [0.15, 0.2) is 20.6 Å². The van der Waals surface area contributed by atoms with Gasteiger partial charge in [0.1, 0.15) is 0 Å². The van der Waals surface area contributed by atoms with Crippen LogP contribution in [0.1, 0.15) is 27.2 Å². The molecule has 120 valence electrons. The zero-order valence-electron chi connectivity index (χ0n) is 14.4. The van der Waals surface area contributed by atoms with Gasteiger partial charge in [0.15, 0.2) is 0 Å². The monoisotopic (exact) mass is 431 g/mol. The third-order valence-corrected chi connectivity index (χ3v) is 19.5. The van der Waals surface area contributed by atoms with Crippen molar-refractivity contribution < 1.29 is 17.7 Å². The summed E-state index contributed by atoms with van der Waals surface area (Å²) in [6.07, 6.45) is 6.02. The van der Waals surface area contributed by atoms with E-state index in [1.54, 1.807) is 5.20 Å². The van der Waals surface area contributed by atoms with Gasteiger partial charge in [-0.3, -0.25) is 0 Å². The fraction of sp³-hybridized carbons (Fsp3) is 0.714. The van der Waals surface area contributed by atoms with Crippen LogP contribution in [0.25, 0.3) is 0 Å². The van der Waals surface area contributed by atoms with Crippen LogP contribution in [0.4, 0.5) is 0 Å². The van der Waals surface area contributed by atoms with E-state index in [1.807, 2.05) is 3.28 Å². The molecule has 0 radical (unpaired) electrons. The Morgan fingerprint density at radius 3 is 1.95 bits per heavy atom. The zero-order valence-corrected chi connectivity index (χ0v) is 20.9. The fourth-order valence-electron chi connectivity index (χ4n) is 3.25. The van der Waals surface area contributed by atoms with Crippen molar-refractivity contribution in [2.75, 3.05) is 0 Å². The van der Waals surface area contributed by atoms with Gasteiger partial charge in [-0.1, -0.05) is 0 Å². The van der Waals surface area contributed by atoms with E-state index in [1.165, 1.54) is 6.42 Å². The number of rotatable bonds is 3. The van der Waals surface area contributed by atoms with Gasteiger partial charge in [-0.05, 0) is 0 Å². The Hall–Kier alpha value is 1.34. The fourth-order valence-corrected chi connectivity index (χ4v) is 26.7. The minimum Gasteiger partial charge on any atom is -0.147 e. The van der Waals surface area contributed by atoms with Crippen molar-refractivity contribution in [1.82, 2.24) is 3.26 Å². The Labute approximate surface area is 142 Å². The number of halogens is 2. The average molecular weight is 434 g/mol. The van der Waals surface area contributed by atoms with Crippen LogP contribution in [0.2, 0.25) is 28.9 Å². The first-order chi connectivity index (χ1) is 7.71. The van der Waals surface area contributed by atoms with E-state index in [0.29, 0.717) is 0 Å². The van der Waals surface area contributed by atoms with Gasteiger partial charge in [0, 0.05) is 0 Å². The molecule has 0 unspecified atom stereocenters. The molecule has 0 fully saturated rings. The van der Waals surface area contributed by atoms with Gasteiger partial charge in [0.05, 0.1) is 0 Å². The van der Waals surface area contributed by atoms with Gasteiger partial charge in [-0.2, -0.15) is 0 Å². The predicted molar refractivity (Wildman–Crippen MR) is 102 cm³/mol. The summed E-state index contributed by atoms with van der Waals surface area (Å²) in [5.41, 5.74) is 0.219. The Balaban J connectivity index is 0. The summed E-state index contributed by atoms with van der Waals surface area (Å²) >= 11 is -2.90. The van der Waals surface area contributed by atoms with Crippen LogP contribution >= 0.6 is 24.8 Å². The summed E-state index contributed by atoms with van der Waals surface area (Å²) in [5.74, 6) is 0. The van der Waals surface area contributed by atoms with E-state index in [0.717, 1.165) is 0 Å². The Bertz CT molecular complexity index is 476. The molecule has 1 N–H and O–H groups in total. The van der Waals surface area contributed by atoms with Crippen LogP contribution in [-0.2, 0) is 17.7 Å². The molecular formula is C14H33Cl2NSi2Zr. The van der Waals surface area contributed by atoms with Crippen molar-refractivity contribution in [3.05, 3.63) is 20.6 Å². The molecule has 0 saturated carbocycles. The molecule has 1 rings (SSSR count). The van der Waals surface area contributed by atoms with Crippen molar-refractivity contribution in [1.29, 1.82) is 0 Å². The van der Waals surface area contributed by atoms with Crippen molar-refractivity contribution >= 4 is 39.8 Å². The Morgan fingerprint density at radius 1 is 1.15 bits per heavy atom. The van der Waals surface area contributed by atoms with Crippen LogP contribution < -0.4 is 3.26 Å². The maximum atomic E-state index is 4.06. The molecule has 1 aliphatic rings. The first-order valence-corrected chi connectivity index (χ1v) is 23.8. The quantitative estimate of drug-likeness (QED) is 0.644. The summed E-state index contributed by atoms with van der Waals surface area (Å²) in [7, 11) is -1.21. The smallest absolute Gasteiger partial charge is 0.147 e. The number of hydrogen-bond donors (Lipinski definition) is 1. The largest absolute Gasteiger partial charge is 0.147 e. The molecule has 0 spiro atoms. The van der Waals surface area contributed by atoms with Crippen LogP contribution in [0.5, 0.6) is 0 Å². The van der Waals surface area contributed by atoms with Crippen molar-refractivity contribution in [3.8, 4) is 0 Å². The van der Waals surface area contributed by atoms with Crippen molar-refractivity contribution in [2.45, 2.75) is 61.6 Å². The standard InChI is InChI=1S/C8H13Si.C4H10N.2CH3.2ClH.H2Si.Zr/c1-9(2,3)8-6-4-5-7-8;1-4(2,3)5;;;;;;/h4,6H,5H2,1-3H3;5H,1-3H3;2*1H3;2*1H;1H2;/q;-1;;;;;;+1. The SMILES string of the molecule is CC(C)(C)[NH][Zr]([CH3])([CH3])(=[SiH2])[C]1=C([Si](C)(C)C)C=CC1.Cl.Cl. The normalized spacial score (nSPS) is 16.9. The molecule has 1 aliphatic carbocycles. The summed E-state index contributed by atoms with van der Waals surface area (Å²) in [5, 5.41) is 1.73. The van der Waals surface area contributed by atoms with E-state index in [4.69, 9.17) is 0 Å². The molecule has 6 heteroatoms. The number of allylic oxidation sites excluding steroid dienone is 4. The zero-order chi connectivity index (χ0) is 14.4. The predicted octanol–water partition coefficient (Wildman–Crippen LogP) is 4.56. The molecule has 0 aliphatic heterocycles. The maximum absolute atomic E-state index is 4.06. The first-order valence-electron chi connectivity index (χ1n) is 6.99. The second-order valence-electron chi connectivity index (χ2n) is 8.81. The van der Waals surface area contributed by atoms with Crippen LogP contribution in [0.3, 0.4) is 0 Å². The molecule has 0 aromatic carbocycles. The minimum atomic E-state index is -2.90. The van der Waals surface area contributed by atoms with Crippen molar-refractivity contribution in [3.63, 3.8) is 0 Å².